The third kappa shape index (κ3) is 4.25. The number of rotatable bonds is 2. The number of hydrogen-bond donors (Lipinski definition) is 3. The van der Waals surface area contributed by atoms with Crippen molar-refractivity contribution in [2.75, 3.05) is 25.6 Å². The van der Waals surface area contributed by atoms with Crippen molar-refractivity contribution in [3.8, 4) is 0 Å². The highest BCUT2D eigenvalue weighted by Crippen LogP contribution is 2.40. The van der Waals surface area contributed by atoms with Gasteiger partial charge in [-0.05, 0) is 38.4 Å². The average molecular weight is 194 g/mol. The summed E-state index contributed by atoms with van der Waals surface area (Å²) in [6.07, 6.45) is 6.85. The van der Waals surface area contributed by atoms with Gasteiger partial charge in [0, 0.05) is 6.04 Å². The van der Waals surface area contributed by atoms with Crippen molar-refractivity contribution >= 4 is 20.9 Å². The molecule has 0 saturated carbocycles. The molecule has 0 unspecified atom stereocenters. The van der Waals surface area contributed by atoms with E-state index in [-0.39, 0.29) is 0 Å². The largest absolute Gasteiger partial charge is 0.317 e. The molecule has 11 heavy (non-hydrogen) atoms. The minimum Gasteiger partial charge on any atom is -0.317 e. The van der Waals surface area contributed by atoms with Crippen LogP contribution in [0.15, 0.2) is 0 Å². The molecule has 68 valence electrons. The Morgan fingerprint density at radius 1 is 1.36 bits per heavy atom. The van der Waals surface area contributed by atoms with Crippen LogP contribution in [0.3, 0.4) is 0 Å². The molecule has 1 heterocycles. The molecule has 0 radical (unpaired) electrons. The lowest BCUT2D eigenvalue weighted by Gasteiger charge is -2.34. The summed E-state index contributed by atoms with van der Waals surface area (Å²) in [5, 5.41) is 3.34. The second-order valence-electron chi connectivity index (χ2n) is 3.42. The van der Waals surface area contributed by atoms with E-state index >= 15 is 0 Å². The first-order valence-electron chi connectivity index (χ1n) is 4.02. The fourth-order valence-electron chi connectivity index (χ4n) is 1.35. The van der Waals surface area contributed by atoms with Crippen LogP contribution in [0, 0.1) is 0 Å². The summed E-state index contributed by atoms with van der Waals surface area (Å²) in [4.78, 5) is 0. The zero-order chi connectivity index (χ0) is 8.32. The molecule has 0 aliphatic carbocycles. The van der Waals surface area contributed by atoms with Gasteiger partial charge in [-0.25, -0.2) is 0 Å². The summed E-state index contributed by atoms with van der Waals surface area (Å²) in [6, 6.07) is 0.693. The van der Waals surface area contributed by atoms with Crippen molar-refractivity contribution in [3.05, 3.63) is 0 Å². The molecular formula is C7H18N2S2. The predicted octanol–water partition coefficient (Wildman–Crippen LogP) is 1.15. The van der Waals surface area contributed by atoms with E-state index in [0.717, 1.165) is 13.1 Å². The lowest BCUT2D eigenvalue weighted by Crippen LogP contribution is -2.39. The lowest BCUT2D eigenvalue weighted by molar-refractivity contribution is 0.438. The maximum Gasteiger partial charge on any atom is 0.0188 e. The third-order valence-electron chi connectivity index (χ3n) is 1.79. The monoisotopic (exact) mass is 194 g/mol. The van der Waals surface area contributed by atoms with Crippen LogP contribution < -0.4 is 10.0 Å². The van der Waals surface area contributed by atoms with Crippen LogP contribution in [0.25, 0.3) is 0 Å². The molecule has 1 fully saturated rings. The van der Waals surface area contributed by atoms with Gasteiger partial charge in [-0.2, -0.15) is 0 Å². The van der Waals surface area contributed by atoms with Gasteiger partial charge in [0.1, 0.15) is 0 Å². The SMILES string of the molecule is CS(C)(S)NC1CCNCC1. The Morgan fingerprint density at radius 2 is 1.91 bits per heavy atom. The molecule has 0 aromatic carbocycles. The quantitative estimate of drug-likeness (QED) is 0.454. The van der Waals surface area contributed by atoms with Crippen molar-refractivity contribution in [2.45, 2.75) is 18.9 Å². The molecule has 0 aromatic heterocycles. The van der Waals surface area contributed by atoms with Crippen LogP contribution in [0.2, 0.25) is 0 Å². The van der Waals surface area contributed by atoms with Gasteiger partial charge in [-0.1, -0.05) is 0 Å². The highest BCUT2D eigenvalue weighted by Gasteiger charge is 2.16. The summed E-state index contributed by atoms with van der Waals surface area (Å²) in [5.41, 5.74) is 0. The van der Waals surface area contributed by atoms with Gasteiger partial charge >= 0.3 is 0 Å². The first kappa shape index (κ1) is 9.71. The van der Waals surface area contributed by atoms with Crippen LogP contribution in [-0.4, -0.2) is 31.6 Å². The van der Waals surface area contributed by atoms with Gasteiger partial charge in [0.25, 0.3) is 0 Å². The van der Waals surface area contributed by atoms with Crippen molar-refractivity contribution in [1.29, 1.82) is 0 Å². The van der Waals surface area contributed by atoms with Crippen LogP contribution in [0.4, 0.5) is 0 Å². The molecule has 0 spiro atoms. The molecule has 0 aromatic rings. The molecular weight excluding hydrogens is 176 g/mol. The van der Waals surface area contributed by atoms with E-state index in [1.54, 1.807) is 0 Å². The second kappa shape index (κ2) is 4.03. The van der Waals surface area contributed by atoms with Gasteiger partial charge < -0.3 is 5.32 Å². The minimum atomic E-state index is -0.807. The summed E-state index contributed by atoms with van der Waals surface area (Å²) in [6.45, 7) is 2.31. The zero-order valence-electron chi connectivity index (χ0n) is 7.26. The van der Waals surface area contributed by atoms with E-state index in [0.29, 0.717) is 6.04 Å². The predicted molar refractivity (Wildman–Crippen MR) is 57.5 cm³/mol. The molecule has 1 saturated heterocycles. The Kier molecular flexibility index (Phi) is 3.55. The Hall–Kier alpha value is 0.620. The number of hydrogen-bond acceptors (Lipinski definition) is 3. The highest BCUT2D eigenvalue weighted by molar-refractivity contribution is 8.86. The third-order valence-corrected chi connectivity index (χ3v) is 3.02. The van der Waals surface area contributed by atoms with Gasteiger partial charge in [0.2, 0.25) is 0 Å². The Morgan fingerprint density at radius 3 is 2.36 bits per heavy atom. The zero-order valence-corrected chi connectivity index (χ0v) is 8.97. The molecule has 1 aliphatic heterocycles. The van der Waals surface area contributed by atoms with E-state index in [1.807, 2.05) is 0 Å². The van der Waals surface area contributed by atoms with Crippen LogP contribution in [-0.2, 0) is 0 Å². The van der Waals surface area contributed by atoms with Crippen LogP contribution >= 0.6 is 20.9 Å². The smallest absolute Gasteiger partial charge is 0.0188 e. The normalized spacial score (nSPS) is 23.5. The Balaban J connectivity index is 2.24. The van der Waals surface area contributed by atoms with Crippen LogP contribution in [0.5, 0.6) is 0 Å². The molecule has 0 atom stereocenters. The highest BCUT2D eigenvalue weighted by atomic mass is 33.1. The van der Waals surface area contributed by atoms with Gasteiger partial charge in [-0.3, -0.25) is 4.72 Å². The molecule has 1 aliphatic rings. The van der Waals surface area contributed by atoms with Gasteiger partial charge in [0.05, 0.1) is 0 Å². The minimum absolute atomic E-state index is 0.693. The molecule has 0 amide bonds. The van der Waals surface area contributed by atoms with E-state index in [1.165, 1.54) is 12.8 Å². The number of thiol groups is 1. The Labute approximate surface area is 75.8 Å². The van der Waals surface area contributed by atoms with E-state index in [2.05, 4.69) is 34.2 Å². The maximum absolute atomic E-state index is 4.52. The number of nitrogens with one attached hydrogen (secondary N) is 2. The standard InChI is InChI=1S/C7H18N2S2/c1-11(2,10)9-7-3-5-8-6-4-7/h7-10H,3-6H2,1-2H3. The van der Waals surface area contributed by atoms with Gasteiger partial charge in [-0.15, -0.1) is 20.9 Å². The van der Waals surface area contributed by atoms with Crippen molar-refractivity contribution in [2.24, 2.45) is 0 Å². The summed E-state index contributed by atoms with van der Waals surface area (Å²) in [5.74, 6) is 0. The van der Waals surface area contributed by atoms with Crippen LogP contribution in [0.1, 0.15) is 12.8 Å². The first-order chi connectivity index (χ1) is 5.08. The average Bonchev–Trinajstić information content (AvgIpc) is 1.85. The number of piperidine rings is 1. The lowest BCUT2D eigenvalue weighted by atomic mass is 10.1. The summed E-state index contributed by atoms with van der Waals surface area (Å²) < 4.78 is 3.57. The van der Waals surface area contributed by atoms with E-state index in [9.17, 15) is 0 Å². The first-order valence-corrected chi connectivity index (χ1v) is 7.52. The van der Waals surface area contributed by atoms with Crippen molar-refractivity contribution < 1.29 is 0 Å². The molecule has 1 rings (SSSR count). The maximum atomic E-state index is 4.52. The Bertz CT molecular complexity index is 116. The summed E-state index contributed by atoms with van der Waals surface area (Å²) >= 11 is 4.52. The van der Waals surface area contributed by atoms with Gasteiger partial charge in [0.15, 0.2) is 0 Å². The second-order valence-corrected chi connectivity index (χ2v) is 8.94. The molecule has 4 heteroatoms. The fourth-order valence-corrected chi connectivity index (χ4v) is 2.85. The van der Waals surface area contributed by atoms with E-state index in [4.69, 9.17) is 0 Å². The topological polar surface area (TPSA) is 24.1 Å². The van der Waals surface area contributed by atoms with Crippen molar-refractivity contribution in [3.63, 3.8) is 0 Å². The molecule has 2 nitrogen and oxygen atoms in total. The van der Waals surface area contributed by atoms with E-state index < -0.39 is 9.25 Å². The van der Waals surface area contributed by atoms with Crippen molar-refractivity contribution in [1.82, 2.24) is 10.0 Å². The molecule has 0 bridgehead atoms. The summed E-state index contributed by atoms with van der Waals surface area (Å²) in [7, 11) is -0.807. The molecule has 2 N–H and O–H groups in total. The fraction of sp³-hybridized carbons (Fsp3) is 1.00.